The Labute approximate surface area is 139 Å². The Morgan fingerprint density at radius 2 is 1.48 bits per heavy atom. The quantitative estimate of drug-likeness (QED) is 0.577. The van der Waals surface area contributed by atoms with Gasteiger partial charge in [-0.3, -0.25) is 4.79 Å². The van der Waals surface area contributed by atoms with E-state index in [0.717, 1.165) is 42.5 Å². The standard InChI is InChI=1S/C17H11F3O5/c18-17(19,20)8-13(9-1-3-10(4-2-9)16(24)25)15(23)12-6-5-11(21)7-14(12)22/h1-8,21-22H,(H,24,25). The van der Waals surface area contributed by atoms with Crippen molar-refractivity contribution in [3.05, 3.63) is 65.2 Å². The van der Waals surface area contributed by atoms with E-state index in [1.165, 1.54) is 0 Å². The van der Waals surface area contributed by atoms with E-state index in [1.807, 2.05) is 0 Å². The molecule has 3 N–H and O–H groups in total. The molecule has 2 aromatic rings. The van der Waals surface area contributed by atoms with Crippen LogP contribution in [-0.2, 0) is 0 Å². The number of Topliss-reactive ketones (excluding diaryl/α,β-unsaturated/α-hetero) is 1. The summed E-state index contributed by atoms with van der Waals surface area (Å²) in [6.07, 6.45) is -5.04. The van der Waals surface area contributed by atoms with Gasteiger partial charge in [0.2, 0.25) is 0 Å². The molecule has 25 heavy (non-hydrogen) atoms. The van der Waals surface area contributed by atoms with Crippen molar-refractivity contribution in [2.45, 2.75) is 6.18 Å². The first-order valence-electron chi connectivity index (χ1n) is 6.78. The highest BCUT2D eigenvalue weighted by molar-refractivity contribution is 6.30. The highest BCUT2D eigenvalue weighted by atomic mass is 19.4. The maximum Gasteiger partial charge on any atom is 0.410 e. The number of rotatable bonds is 4. The number of benzene rings is 2. The average Bonchev–Trinajstić information content (AvgIpc) is 2.51. The largest absolute Gasteiger partial charge is 0.508 e. The van der Waals surface area contributed by atoms with Crippen molar-refractivity contribution in [1.82, 2.24) is 0 Å². The van der Waals surface area contributed by atoms with Crippen LogP contribution in [-0.4, -0.2) is 33.2 Å². The summed E-state index contributed by atoms with van der Waals surface area (Å²) in [5.74, 6) is -3.44. The van der Waals surface area contributed by atoms with Crippen LogP contribution in [0.15, 0.2) is 48.5 Å². The third-order valence-corrected chi connectivity index (χ3v) is 3.22. The highest BCUT2D eigenvalue weighted by Crippen LogP contribution is 2.31. The Bertz CT molecular complexity index is 852. The predicted octanol–water partition coefficient (Wildman–Crippen LogP) is 3.62. The number of alkyl halides is 3. The number of aromatic hydroxyl groups is 2. The maximum absolute atomic E-state index is 12.8. The smallest absolute Gasteiger partial charge is 0.410 e. The second-order valence-corrected chi connectivity index (χ2v) is 5.01. The lowest BCUT2D eigenvalue weighted by Crippen LogP contribution is -2.10. The van der Waals surface area contributed by atoms with Crippen LogP contribution in [0.1, 0.15) is 26.3 Å². The number of carboxylic acids is 1. The molecule has 130 valence electrons. The summed E-state index contributed by atoms with van der Waals surface area (Å²) < 4.78 is 38.4. The number of halogens is 3. The van der Waals surface area contributed by atoms with Crippen LogP contribution in [0.3, 0.4) is 0 Å². The first-order valence-corrected chi connectivity index (χ1v) is 6.78. The highest BCUT2D eigenvalue weighted by Gasteiger charge is 2.29. The molecule has 2 aromatic carbocycles. The fourth-order valence-electron chi connectivity index (χ4n) is 2.09. The van der Waals surface area contributed by atoms with Crippen LogP contribution in [0, 0.1) is 0 Å². The lowest BCUT2D eigenvalue weighted by Gasteiger charge is -2.11. The van der Waals surface area contributed by atoms with Crippen molar-refractivity contribution in [2.75, 3.05) is 0 Å². The maximum atomic E-state index is 12.8. The number of carboxylic acid groups (broad SMARTS) is 1. The summed E-state index contributed by atoms with van der Waals surface area (Å²) in [5.41, 5.74) is -1.53. The molecular weight excluding hydrogens is 341 g/mol. The van der Waals surface area contributed by atoms with E-state index < -0.39 is 34.8 Å². The zero-order valence-corrected chi connectivity index (χ0v) is 12.4. The third kappa shape index (κ3) is 4.37. The van der Waals surface area contributed by atoms with Crippen molar-refractivity contribution in [3.8, 4) is 11.5 Å². The molecule has 8 heteroatoms. The number of ketones is 1. The van der Waals surface area contributed by atoms with Crippen LogP contribution >= 0.6 is 0 Å². The van der Waals surface area contributed by atoms with Gasteiger partial charge in [0.25, 0.3) is 0 Å². The molecule has 0 heterocycles. The summed E-state index contributed by atoms with van der Waals surface area (Å²) in [5, 5.41) is 27.8. The van der Waals surface area contributed by atoms with Crippen LogP contribution in [0.25, 0.3) is 5.57 Å². The zero-order chi connectivity index (χ0) is 18.8. The second-order valence-electron chi connectivity index (χ2n) is 5.01. The van der Waals surface area contributed by atoms with E-state index in [0.29, 0.717) is 0 Å². The summed E-state index contributed by atoms with van der Waals surface area (Å²) in [4.78, 5) is 23.3. The van der Waals surface area contributed by atoms with Crippen molar-refractivity contribution in [2.24, 2.45) is 0 Å². The number of carbonyl (C=O) groups is 2. The number of phenols is 2. The molecule has 0 saturated heterocycles. The van der Waals surface area contributed by atoms with Gasteiger partial charge in [-0.15, -0.1) is 0 Å². The summed E-state index contributed by atoms with van der Waals surface area (Å²) in [7, 11) is 0. The van der Waals surface area contributed by atoms with Crippen LogP contribution < -0.4 is 0 Å². The topological polar surface area (TPSA) is 94.8 Å². The molecular formula is C17H11F3O5. The lowest BCUT2D eigenvalue weighted by molar-refractivity contribution is -0.0793. The normalized spacial score (nSPS) is 12.0. The number of carbonyl (C=O) groups excluding carboxylic acids is 1. The van der Waals surface area contributed by atoms with Gasteiger partial charge in [-0.1, -0.05) is 12.1 Å². The minimum absolute atomic E-state index is 0.157. The monoisotopic (exact) mass is 352 g/mol. The molecule has 0 bridgehead atoms. The summed E-state index contributed by atoms with van der Waals surface area (Å²) >= 11 is 0. The van der Waals surface area contributed by atoms with Crippen molar-refractivity contribution >= 4 is 17.3 Å². The fraction of sp³-hybridized carbons (Fsp3) is 0.0588. The molecule has 0 aromatic heterocycles. The first-order chi connectivity index (χ1) is 11.6. The van der Waals surface area contributed by atoms with Gasteiger partial charge in [-0.05, 0) is 29.8 Å². The van der Waals surface area contributed by atoms with E-state index in [9.17, 15) is 33.0 Å². The predicted molar refractivity (Wildman–Crippen MR) is 81.5 cm³/mol. The number of aromatic carboxylic acids is 1. The molecule has 0 aliphatic carbocycles. The van der Waals surface area contributed by atoms with Gasteiger partial charge >= 0.3 is 12.1 Å². The molecule has 0 aliphatic rings. The number of allylic oxidation sites excluding steroid dienone is 2. The van der Waals surface area contributed by atoms with Crippen molar-refractivity contribution in [1.29, 1.82) is 0 Å². The van der Waals surface area contributed by atoms with Gasteiger partial charge in [0, 0.05) is 17.7 Å². The van der Waals surface area contributed by atoms with Gasteiger partial charge in [0.05, 0.1) is 11.1 Å². The van der Waals surface area contributed by atoms with E-state index in [4.69, 9.17) is 5.11 Å². The van der Waals surface area contributed by atoms with Crippen LogP contribution in [0.4, 0.5) is 13.2 Å². The number of hydrogen-bond acceptors (Lipinski definition) is 4. The fourth-order valence-corrected chi connectivity index (χ4v) is 2.09. The third-order valence-electron chi connectivity index (χ3n) is 3.22. The molecule has 0 spiro atoms. The Morgan fingerprint density at radius 1 is 0.920 bits per heavy atom. The van der Waals surface area contributed by atoms with Crippen molar-refractivity contribution in [3.63, 3.8) is 0 Å². The van der Waals surface area contributed by atoms with E-state index >= 15 is 0 Å². The van der Waals surface area contributed by atoms with E-state index in [2.05, 4.69) is 0 Å². The Balaban J connectivity index is 2.55. The minimum atomic E-state index is -4.82. The Kier molecular flexibility index (Phi) is 4.82. The molecule has 5 nitrogen and oxygen atoms in total. The Morgan fingerprint density at radius 3 is 1.96 bits per heavy atom. The molecule has 0 amide bonds. The molecule has 0 radical (unpaired) electrons. The first kappa shape index (κ1) is 18.1. The van der Waals surface area contributed by atoms with Gasteiger partial charge in [0.1, 0.15) is 11.5 Å². The summed E-state index contributed by atoms with van der Waals surface area (Å²) in [6, 6.07) is 7.12. The summed E-state index contributed by atoms with van der Waals surface area (Å²) in [6.45, 7) is 0. The van der Waals surface area contributed by atoms with Gasteiger partial charge < -0.3 is 15.3 Å². The molecule has 2 rings (SSSR count). The van der Waals surface area contributed by atoms with Crippen LogP contribution in [0.2, 0.25) is 0 Å². The number of phenolic OH excluding ortho intramolecular Hbond substituents is 2. The SMILES string of the molecule is O=C(O)c1ccc(C(=CC(F)(F)F)C(=O)c2ccc(O)cc2O)cc1. The van der Waals surface area contributed by atoms with Gasteiger partial charge in [-0.25, -0.2) is 4.79 Å². The van der Waals surface area contributed by atoms with Gasteiger partial charge in [0.15, 0.2) is 5.78 Å². The molecule has 0 saturated carbocycles. The van der Waals surface area contributed by atoms with Crippen molar-refractivity contribution < 1.29 is 38.1 Å². The lowest BCUT2D eigenvalue weighted by atomic mass is 9.95. The molecule has 0 aliphatic heterocycles. The number of hydrogen-bond donors (Lipinski definition) is 3. The molecule has 0 atom stereocenters. The van der Waals surface area contributed by atoms with E-state index in [-0.39, 0.29) is 23.0 Å². The molecule has 0 unspecified atom stereocenters. The Hall–Kier alpha value is -3.29. The average molecular weight is 352 g/mol. The molecule has 0 fully saturated rings. The van der Waals surface area contributed by atoms with E-state index in [1.54, 1.807) is 0 Å². The minimum Gasteiger partial charge on any atom is -0.508 e. The second kappa shape index (κ2) is 6.68. The zero-order valence-electron chi connectivity index (χ0n) is 12.4. The van der Waals surface area contributed by atoms with Gasteiger partial charge in [-0.2, -0.15) is 13.2 Å². The van der Waals surface area contributed by atoms with Crippen LogP contribution in [0.5, 0.6) is 11.5 Å².